The van der Waals surface area contributed by atoms with Gasteiger partial charge in [-0.2, -0.15) is 0 Å². The Morgan fingerprint density at radius 1 is 1.17 bits per heavy atom. The predicted molar refractivity (Wildman–Crippen MR) is 81.3 cm³/mol. The molecule has 1 unspecified atom stereocenters. The van der Waals surface area contributed by atoms with Gasteiger partial charge in [-0.1, -0.05) is 39.0 Å². The van der Waals surface area contributed by atoms with Gasteiger partial charge >= 0.3 is 0 Å². The van der Waals surface area contributed by atoms with E-state index in [2.05, 4.69) is 58.1 Å². The summed E-state index contributed by atoms with van der Waals surface area (Å²) >= 11 is 6.35. The number of benzene rings is 1. The molecule has 1 N–H and O–H groups in total. The summed E-state index contributed by atoms with van der Waals surface area (Å²) in [5.74, 6) is 0. The molecule has 0 heterocycles. The van der Waals surface area contributed by atoms with Crippen LogP contribution in [0.5, 0.6) is 0 Å². The minimum atomic E-state index is 0.203. The lowest BCUT2D eigenvalue weighted by Gasteiger charge is -2.22. The van der Waals surface area contributed by atoms with Gasteiger partial charge < -0.3 is 5.32 Å². The maximum absolute atomic E-state index is 6.35. The average Bonchev–Trinajstić information content (AvgIpc) is 2.19. The van der Waals surface area contributed by atoms with Gasteiger partial charge in [-0.05, 0) is 42.4 Å². The highest BCUT2D eigenvalue weighted by molar-refractivity contribution is 6.20. The summed E-state index contributed by atoms with van der Waals surface area (Å²) in [6, 6.07) is 6.44. The van der Waals surface area contributed by atoms with Crippen LogP contribution in [0.15, 0.2) is 18.2 Å². The smallest absolute Gasteiger partial charge is 0.0465 e. The summed E-state index contributed by atoms with van der Waals surface area (Å²) in [6.45, 7) is 12.8. The Hall–Kier alpha value is -0.530. The SMILES string of the molecule is Cc1cccc(C)c1CNCC(Cl)CC(C)(C)C. The number of hydrogen-bond acceptors (Lipinski definition) is 1. The molecule has 0 fully saturated rings. The highest BCUT2D eigenvalue weighted by Gasteiger charge is 2.16. The highest BCUT2D eigenvalue weighted by atomic mass is 35.5. The van der Waals surface area contributed by atoms with Crippen molar-refractivity contribution in [3.05, 3.63) is 34.9 Å². The molecule has 0 radical (unpaired) electrons. The number of rotatable bonds is 5. The Morgan fingerprint density at radius 2 is 1.72 bits per heavy atom. The van der Waals surface area contributed by atoms with Crippen LogP contribution in [0.4, 0.5) is 0 Å². The van der Waals surface area contributed by atoms with E-state index in [1.54, 1.807) is 0 Å². The second-order valence-corrected chi connectivity index (χ2v) is 6.98. The van der Waals surface area contributed by atoms with Gasteiger partial charge in [0.15, 0.2) is 0 Å². The van der Waals surface area contributed by atoms with E-state index < -0.39 is 0 Å². The summed E-state index contributed by atoms with van der Waals surface area (Å²) in [5.41, 5.74) is 4.40. The Balaban J connectivity index is 2.42. The van der Waals surface area contributed by atoms with E-state index >= 15 is 0 Å². The van der Waals surface area contributed by atoms with Crippen LogP contribution in [0, 0.1) is 19.3 Å². The van der Waals surface area contributed by atoms with Gasteiger partial charge in [0.2, 0.25) is 0 Å². The van der Waals surface area contributed by atoms with Crippen molar-refractivity contribution in [3.8, 4) is 0 Å². The van der Waals surface area contributed by atoms with Gasteiger partial charge in [0, 0.05) is 18.5 Å². The van der Waals surface area contributed by atoms with Gasteiger partial charge in [-0.15, -0.1) is 11.6 Å². The normalized spacial score (nSPS) is 13.7. The van der Waals surface area contributed by atoms with E-state index in [1.165, 1.54) is 16.7 Å². The molecule has 0 saturated heterocycles. The third-order valence-electron chi connectivity index (χ3n) is 3.15. The van der Waals surface area contributed by atoms with Crippen molar-refractivity contribution in [2.24, 2.45) is 5.41 Å². The van der Waals surface area contributed by atoms with Gasteiger partial charge in [-0.25, -0.2) is 0 Å². The van der Waals surface area contributed by atoms with Crippen molar-refractivity contribution < 1.29 is 0 Å². The van der Waals surface area contributed by atoms with E-state index in [9.17, 15) is 0 Å². The second kappa shape index (κ2) is 6.58. The topological polar surface area (TPSA) is 12.0 Å². The fourth-order valence-electron chi connectivity index (χ4n) is 2.22. The average molecular weight is 268 g/mol. The fourth-order valence-corrected chi connectivity index (χ4v) is 2.79. The standard InChI is InChI=1S/C16H26ClN/c1-12-7-6-8-13(2)15(12)11-18-10-14(17)9-16(3,4)5/h6-8,14,18H,9-11H2,1-5H3. The van der Waals surface area contributed by atoms with Crippen molar-refractivity contribution in [2.45, 2.75) is 53.0 Å². The summed E-state index contributed by atoms with van der Waals surface area (Å²) in [6.07, 6.45) is 1.04. The van der Waals surface area contributed by atoms with E-state index in [0.29, 0.717) is 5.41 Å². The van der Waals surface area contributed by atoms with Crippen LogP contribution in [0.1, 0.15) is 43.9 Å². The first kappa shape index (κ1) is 15.5. The molecule has 0 aliphatic carbocycles. The summed E-state index contributed by atoms with van der Waals surface area (Å²) in [5, 5.41) is 3.68. The van der Waals surface area contributed by atoms with Crippen molar-refractivity contribution >= 4 is 11.6 Å². The van der Waals surface area contributed by atoms with Gasteiger partial charge in [0.25, 0.3) is 0 Å². The number of alkyl halides is 1. The van der Waals surface area contributed by atoms with E-state index in [0.717, 1.165) is 19.5 Å². The van der Waals surface area contributed by atoms with E-state index in [-0.39, 0.29) is 5.38 Å². The van der Waals surface area contributed by atoms with Crippen molar-refractivity contribution in [2.75, 3.05) is 6.54 Å². The summed E-state index contributed by atoms with van der Waals surface area (Å²) in [4.78, 5) is 0. The van der Waals surface area contributed by atoms with Crippen molar-refractivity contribution in [1.29, 1.82) is 0 Å². The Kier molecular flexibility index (Phi) is 5.68. The second-order valence-electron chi connectivity index (χ2n) is 6.36. The molecule has 0 spiro atoms. The zero-order valence-corrected chi connectivity index (χ0v) is 13.1. The van der Waals surface area contributed by atoms with E-state index in [1.807, 2.05) is 0 Å². The lowest BCUT2D eigenvalue weighted by molar-refractivity contribution is 0.364. The van der Waals surface area contributed by atoms with Crippen molar-refractivity contribution in [1.82, 2.24) is 5.32 Å². The molecule has 1 atom stereocenters. The zero-order chi connectivity index (χ0) is 13.8. The monoisotopic (exact) mass is 267 g/mol. The molecule has 0 amide bonds. The molecule has 18 heavy (non-hydrogen) atoms. The maximum Gasteiger partial charge on any atom is 0.0465 e. The maximum atomic E-state index is 6.35. The summed E-state index contributed by atoms with van der Waals surface area (Å²) in [7, 11) is 0. The lowest BCUT2D eigenvalue weighted by atomic mass is 9.90. The minimum Gasteiger partial charge on any atom is -0.311 e. The largest absolute Gasteiger partial charge is 0.311 e. The third-order valence-corrected chi connectivity index (χ3v) is 3.45. The molecule has 0 bridgehead atoms. The lowest BCUT2D eigenvalue weighted by Crippen LogP contribution is -2.26. The number of nitrogens with one attached hydrogen (secondary N) is 1. The molecule has 0 aliphatic rings. The first-order chi connectivity index (χ1) is 8.29. The van der Waals surface area contributed by atoms with Crippen LogP contribution in [0.3, 0.4) is 0 Å². The molecular formula is C16H26ClN. The molecule has 2 heteroatoms. The Bertz CT molecular complexity index is 359. The van der Waals surface area contributed by atoms with Gasteiger partial charge in [-0.3, -0.25) is 0 Å². The first-order valence-corrected chi connectivity index (χ1v) is 7.13. The molecule has 1 rings (SSSR count). The molecule has 102 valence electrons. The predicted octanol–water partition coefficient (Wildman–Crippen LogP) is 4.44. The first-order valence-electron chi connectivity index (χ1n) is 6.69. The van der Waals surface area contributed by atoms with E-state index in [4.69, 9.17) is 11.6 Å². The molecule has 1 nitrogen and oxygen atoms in total. The fraction of sp³-hybridized carbons (Fsp3) is 0.625. The summed E-state index contributed by atoms with van der Waals surface area (Å²) < 4.78 is 0. The van der Waals surface area contributed by atoms with Crippen LogP contribution in [-0.2, 0) is 6.54 Å². The minimum absolute atomic E-state index is 0.203. The Morgan fingerprint density at radius 3 is 2.22 bits per heavy atom. The molecule has 0 aromatic heterocycles. The van der Waals surface area contributed by atoms with Gasteiger partial charge in [0.1, 0.15) is 0 Å². The van der Waals surface area contributed by atoms with Crippen LogP contribution < -0.4 is 5.32 Å². The number of aryl methyl sites for hydroxylation is 2. The highest BCUT2D eigenvalue weighted by Crippen LogP contribution is 2.23. The Labute approximate surface area is 117 Å². The molecule has 1 aromatic carbocycles. The quantitative estimate of drug-likeness (QED) is 0.778. The van der Waals surface area contributed by atoms with Crippen LogP contribution in [0.2, 0.25) is 0 Å². The van der Waals surface area contributed by atoms with Crippen LogP contribution >= 0.6 is 11.6 Å². The van der Waals surface area contributed by atoms with Crippen LogP contribution in [0.25, 0.3) is 0 Å². The molecule has 0 aliphatic heterocycles. The molecule has 1 aromatic rings. The van der Waals surface area contributed by atoms with Crippen LogP contribution in [-0.4, -0.2) is 11.9 Å². The van der Waals surface area contributed by atoms with Gasteiger partial charge in [0.05, 0.1) is 0 Å². The zero-order valence-electron chi connectivity index (χ0n) is 12.3. The third kappa shape index (κ3) is 5.41. The van der Waals surface area contributed by atoms with Crippen molar-refractivity contribution in [3.63, 3.8) is 0 Å². The number of halogens is 1. The molecular weight excluding hydrogens is 242 g/mol. The number of hydrogen-bond donors (Lipinski definition) is 1. The molecule has 0 saturated carbocycles.